The third-order valence-electron chi connectivity index (χ3n) is 10.1. The number of carbonyl (C=O) groups excluding carboxylic acids is 3. The first kappa shape index (κ1) is 32.2. The van der Waals surface area contributed by atoms with Crippen LogP contribution in [0.15, 0.2) is 41.1 Å². The summed E-state index contributed by atoms with van der Waals surface area (Å²) in [6.45, 7) is 13.0. The zero-order chi connectivity index (χ0) is 31.6. The normalized spacial score (nSPS) is 26.3. The lowest BCUT2D eigenvalue weighted by Crippen LogP contribution is -2.65. The van der Waals surface area contributed by atoms with Gasteiger partial charge in [0.2, 0.25) is 11.7 Å². The molecule has 10 nitrogen and oxygen atoms in total. The van der Waals surface area contributed by atoms with Crippen molar-refractivity contribution >= 4 is 24.8 Å². The molecule has 44 heavy (non-hydrogen) atoms. The number of carbonyl (C=O) groups is 3. The van der Waals surface area contributed by atoms with Gasteiger partial charge in [0.1, 0.15) is 6.04 Å². The van der Waals surface area contributed by atoms with E-state index in [1.807, 2.05) is 12.1 Å². The largest absolute Gasteiger partial charge is 0.481 e. The van der Waals surface area contributed by atoms with Crippen molar-refractivity contribution in [1.29, 1.82) is 0 Å². The van der Waals surface area contributed by atoms with Crippen molar-refractivity contribution in [3.8, 4) is 0 Å². The number of benzene rings is 1. The second-order valence-electron chi connectivity index (χ2n) is 14.0. The molecule has 4 aliphatic rings. The molecule has 11 heteroatoms. The third kappa shape index (κ3) is 6.59. The summed E-state index contributed by atoms with van der Waals surface area (Å²) in [6, 6.07) is 7.77. The highest BCUT2D eigenvalue weighted by Crippen LogP contribution is 2.65. The number of amides is 3. The summed E-state index contributed by atoms with van der Waals surface area (Å²) in [4.78, 5) is 39.8. The van der Waals surface area contributed by atoms with Crippen LogP contribution in [0.5, 0.6) is 0 Å². The van der Waals surface area contributed by atoms with E-state index >= 15 is 0 Å². The average Bonchev–Trinajstić information content (AvgIpc) is 3.65. The van der Waals surface area contributed by atoms with E-state index in [9.17, 15) is 14.4 Å². The van der Waals surface area contributed by atoms with Crippen LogP contribution in [0.1, 0.15) is 100 Å². The Balaban J connectivity index is 1.30. The predicted octanol–water partition coefficient (Wildman–Crippen LogP) is 4.34. The monoisotopic (exact) mass is 606 g/mol. The van der Waals surface area contributed by atoms with Crippen molar-refractivity contribution in [1.82, 2.24) is 21.1 Å². The highest BCUT2D eigenvalue weighted by molar-refractivity contribution is 6.48. The number of hydrogen-bond donors (Lipinski definition) is 3. The summed E-state index contributed by atoms with van der Waals surface area (Å²) in [5.74, 6) is -0.541. The van der Waals surface area contributed by atoms with E-state index in [1.165, 1.54) is 12.3 Å². The Labute approximate surface area is 260 Å². The Morgan fingerprint density at radius 1 is 1.05 bits per heavy atom. The third-order valence-corrected chi connectivity index (χ3v) is 10.1. The first-order valence-corrected chi connectivity index (χ1v) is 16.1. The van der Waals surface area contributed by atoms with Crippen LogP contribution in [0.3, 0.4) is 0 Å². The minimum atomic E-state index is -1.06. The van der Waals surface area contributed by atoms with Crippen LogP contribution >= 0.6 is 0 Å². The fourth-order valence-electron chi connectivity index (χ4n) is 7.37. The fraction of sp³-hybridized carbons (Fsp3) is 0.636. The minimum Gasteiger partial charge on any atom is -0.404 e. The molecule has 1 saturated heterocycles. The Morgan fingerprint density at radius 2 is 1.80 bits per heavy atom. The van der Waals surface area contributed by atoms with E-state index in [0.717, 1.165) is 37.7 Å². The molecular formula is C33H47BN4O6. The molecule has 2 aromatic rings. The quantitative estimate of drug-likeness (QED) is 0.289. The number of aryl methyl sites for hydroxylation is 1. The fourth-order valence-corrected chi connectivity index (χ4v) is 7.37. The number of aromatic nitrogens is 1. The molecule has 238 valence electrons. The van der Waals surface area contributed by atoms with Gasteiger partial charge >= 0.3 is 7.12 Å². The Morgan fingerprint density at radius 3 is 2.43 bits per heavy atom. The lowest BCUT2D eigenvalue weighted by Gasteiger charge is -2.64. The summed E-state index contributed by atoms with van der Waals surface area (Å²) in [7, 11) is -0.609. The van der Waals surface area contributed by atoms with Crippen LogP contribution in [0.25, 0.3) is 0 Å². The van der Waals surface area contributed by atoms with E-state index in [2.05, 4.69) is 62.6 Å². The molecule has 3 aliphatic carbocycles. The predicted molar refractivity (Wildman–Crippen MR) is 167 cm³/mol. The number of hydrogen-bond acceptors (Lipinski definition) is 7. The summed E-state index contributed by atoms with van der Waals surface area (Å²) in [5.41, 5.74) is 1.38. The van der Waals surface area contributed by atoms with E-state index in [-0.39, 0.29) is 29.7 Å². The van der Waals surface area contributed by atoms with Crippen molar-refractivity contribution in [3.05, 3.63) is 53.4 Å². The van der Waals surface area contributed by atoms with Crippen molar-refractivity contribution in [2.75, 3.05) is 6.54 Å². The molecule has 0 radical (unpaired) electrons. The van der Waals surface area contributed by atoms with Crippen molar-refractivity contribution in [3.63, 3.8) is 0 Å². The molecular weight excluding hydrogens is 559 g/mol. The zero-order valence-electron chi connectivity index (χ0n) is 26.9. The summed E-state index contributed by atoms with van der Waals surface area (Å²) >= 11 is 0. The van der Waals surface area contributed by atoms with E-state index in [0.29, 0.717) is 23.8 Å². The molecule has 6 rings (SSSR count). The highest BCUT2D eigenvalue weighted by Gasteiger charge is 2.68. The molecule has 0 spiro atoms. The Kier molecular flexibility index (Phi) is 9.56. The lowest BCUT2D eigenvalue weighted by molar-refractivity contribution is -0.199. The minimum absolute atomic E-state index is 0.0146. The van der Waals surface area contributed by atoms with Crippen LogP contribution in [0.2, 0.25) is 0 Å². The zero-order valence-corrected chi connectivity index (χ0v) is 26.9. The number of nitrogens with one attached hydrogen (secondary N) is 3. The smallest absolute Gasteiger partial charge is 0.404 e. The Bertz CT molecular complexity index is 1320. The SMILES string of the molecule is CCCCc1ccc(C(=O)N[C@@H](CNC(=O)c2ccno2)C(=O)N[C@@H](CC(C)C)B2O[C@@H]3C[C@@H]4C[C@@H](C4(C)C)[C@]3(C)O2)cc1. The van der Waals surface area contributed by atoms with Crippen molar-refractivity contribution < 1.29 is 28.2 Å². The first-order valence-electron chi connectivity index (χ1n) is 16.1. The molecule has 2 heterocycles. The molecule has 1 aliphatic heterocycles. The topological polar surface area (TPSA) is 132 Å². The van der Waals surface area contributed by atoms with Crippen LogP contribution in [-0.2, 0) is 20.5 Å². The first-order chi connectivity index (χ1) is 20.9. The van der Waals surface area contributed by atoms with Gasteiger partial charge < -0.3 is 29.8 Å². The second-order valence-corrected chi connectivity index (χ2v) is 14.0. The van der Waals surface area contributed by atoms with Gasteiger partial charge in [-0.05, 0) is 79.9 Å². The van der Waals surface area contributed by atoms with Gasteiger partial charge in [-0.2, -0.15) is 0 Å². The lowest BCUT2D eigenvalue weighted by atomic mass is 9.43. The summed E-state index contributed by atoms with van der Waals surface area (Å²) in [5, 5.41) is 12.2. The van der Waals surface area contributed by atoms with Gasteiger partial charge in [-0.1, -0.05) is 58.3 Å². The van der Waals surface area contributed by atoms with Crippen molar-refractivity contribution in [2.45, 2.75) is 104 Å². The van der Waals surface area contributed by atoms with E-state index in [1.54, 1.807) is 12.1 Å². The summed E-state index contributed by atoms with van der Waals surface area (Å²) in [6.07, 6.45) is 7.16. The van der Waals surface area contributed by atoms with Gasteiger partial charge in [-0.25, -0.2) is 0 Å². The maximum absolute atomic E-state index is 13.9. The highest BCUT2D eigenvalue weighted by atomic mass is 16.7. The Hall–Kier alpha value is -3.18. The molecule has 3 saturated carbocycles. The van der Waals surface area contributed by atoms with Gasteiger partial charge in [0, 0.05) is 18.2 Å². The van der Waals surface area contributed by atoms with Crippen LogP contribution in [0, 0.1) is 23.2 Å². The van der Waals surface area contributed by atoms with E-state index in [4.69, 9.17) is 13.8 Å². The van der Waals surface area contributed by atoms with Gasteiger partial charge in [0.15, 0.2) is 0 Å². The van der Waals surface area contributed by atoms with Gasteiger partial charge in [0.05, 0.1) is 23.8 Å². The molecule has 1 aromatic heterocycles. The standard InChI is InChI=1S/C33H47BN4O6/c1-7-8-9-21-10-12-22(13-11-21)29(39)37-24(19-35-31(41)25-14-15-36-43-25)30(40)38-28(16-20(2)3)34-42-27-18-23-17-26(32(23,4)5)33(27,6)44-34/h10-15,20,23-24,26-28H,7-9,16-19H2,1-6H3,(H,35,41)(H,37,39)(H,38,40)/t23-,24-,26-,27+,28-,33-/m0/s1. The molecule has 3 N–H and O–H groups in total. The van der Waals surface area contributed by atoms with Gasteiger partial charge in [-0.3, -0.25) is 14.4 Å². The average molecular weight is 607 g/mol. The molecule has 4 fully saturated rings. The summed E-state index contributed by atoms with van der Waals surface area (Å²) < 4.78 is 18.2. The van der Waals surface area contributed by atoms with Gasteiger partial charge in [-0.15, -0.1) is 0 Å². The van der Waals surface area contributed by atoms with Crippen LogP contribution in [-0.4, -0.2) is 60.2 Å². The van der Waals surface area contributed by atoms with Crippen LogP contribution in [0.4, 0.5) is 0 Å². The number of nitrogens with zero attached hydrogens (tertiary/aromatic N) is 1. The molecule has 1 aromatic carbocycles. The molecule has 0 unspecified atom stereocenters. The molecule has 2 bridgehead atoms. The molecule has 6 atom stereocenters. The number of unbranched alkanes of at least 4 members (excludes halogenated alkanes) is 1. The number of rotatable bonds is 13. The molecule has 3 amide bonds. The van der Waals surface area contributed by atoms with Crippen LogP contribution < -0.4 is 16.0 Å². The maximum atomic E-state index is 13.9. The van der Waals surface area contributed by atoms with E-state index < -0.39 is 42.4 Å². The second kappa shape index (κ2) is 13.0. The van der Waals surface area contributed by atoms with Crippen molar-refractivity contribution in [2.24, 2.45) is 23.2 Å². The van der Waals surface area contributed by atoms with Gasteiger partial charge in [0.25, 0.3) is 11.8 Å². The maximum Gasteiger partial charge on any atom is 0.481 e.